The maximum absolute atomic E-state index is 13.0. The van der Waals surface area contributed by atoms with E-state index in [-0.39, 0.29) is 5.92 Å². The van der Waals surface area contributed by atoms with Crippen molar-refractivity contribution in [1.82, 2.24) is 15.1 Å². The minimum atomic E-state index is 0.113. The molecule has 7 heteroatoms. The van der Waals surface area contributed by atoms with Gasteiger partial charge in [0, 0.05) is 45.2 Å². The Bertz CT molecular complexity index is 825. The van der Waals surface area contributed by atoms with Gasteiger partial charge in [-0.2, -0.15) is 5.10 Å². The van der Waals surface area contributed by atoms with E-state index >= 15 is 0 Å². The third-order valence-corrected chi connectivity index (χ3v) is 5.97. The van der Waals surface area contributed by atoms with Crippen LogP contribution < -0.4 is 14.5 Å². The van der Waals surface area contributed by atoms with Crippen molar-refractivity contribution in [2.24, 2.45) is 5.92 Å². The molecule has 2 aliphatic rings. The number of piperazine rings is 1. The summed E-state index contributed by atoms with van der Waals surface area (Å²) in [6.07, 6.45) is 1.75. The molecular weight excluding hydrogens is 366 g/mol. The van der Waals surface area contributed by atoms with Crippen LogP contribution in [0.4, 0.5) is 11.5 Å². The average molecular weight is 396 g/mol. The Balaban J connectivity index is 1.29. The van der Waals surface area contributed by atoms with E-state index in [1.54, 1.807) is 7.11 Å². The number of piperidine rings is 1. The Kier molecular flexibility index (Phi) is 5.83. The van der Waals surface area contributed by atoms with Gasteiger partial charge in [0.25, 0.3) is 0 Å². The Morgan fingerprint density at radius 1 is 0.931 bits per heavy atom. The number of benzene rings is 1. The number of carbonyl (C=O) groups is 1. The van der Waals surface area contributed by atoms with Crippen LogP contribution in [0.25, 0.3) is 0 Å². The normalized spacial score (nSPS) is 18.1. The molecule has 3 heterocycles. The predicted molar refractivity (Wildman–Crippen MR) is 113 cm³/mol. The van der Waals surface area contributed by atoms with Gasteiger partial charge >= 0.3 is 0 Å². The lowest BCUT2D eigenvalue weighted by Gasteiger charge is -2.39. The first-order chi connectivity index (χ1) is 14.2. The molecule has 2 aliphatic heterocycles. The van der Waals surface area contributed by atoms with E-state index in [0.29, 0.717) is 5.91 Å². The number of aromatic nitrogens is 2. The van der Waals surface area contributed by atoms with Crippen LogP contribution in [0, 0.1) is 12.8 Å². The molecular formula is C22H29N5O2. The summed E-state index contributed by atoms with van der Waals surface area (Å²) in [5, 5.41) is 8.42. The molecule has 2 saturated heterocycles. The minimum absolute atomic E-state index is 0.113. The molecule has 1 aromatic heterocycles. The van der Waals surface area contributed by atoms with Gasteiger partial charge in [0.1, 0.15) is 5.75 Å². The van der Waals surface area contributed by atoms with E-state index in [9.17, 15) is 4.79 Å². The number of para-hydroxylation sites is 2. The highest BCUT2D eigenvalue weighted by molar-refractivity contribution is 5.79. The second-order valence-electron chi connectivity index (χ2n) is 7.78. The number of amides is 1. The van der Waals surface area contributed by atoms with Crippen LogP contribution >= 0.6 is 0 Å². The number of rotatable bonds is 4. The maximum atomic E-state index is 13.0. The van der Waals surface area contributed by atoms with Crippen molar-refractivity contribution in [3.63, 3.8) is 0 Å². The van der Waals surface area contributed by atoms with Gasteiger partial charge in [-0.3, -0.25) is 4.79 Å². The highest BCUT2D eigenvalue weighted by Crippen LogP contribution is 2.29. The predicted octanol–water partition coefficient (Wildman–Crippen LogP) is 2.36. The third-order valence-electron chi connectivity index (χ3n) is 5.97. The number of methoxy groups -OCH3 is 1. The Hall–Kier alpha value is -2.83. The molecule has 0 atom stereocenters. The van der Waals surface area contributed by atoms with Crippen LogP contribution in [0.15, 0.2) is 36.4 Å². The summed E-state index contributed by atoms with van der Waals surface area (Å²) >= 11 is 0. The molecule has 154 valence electrons. The Morgan fingerprint density at radius 3 is 2.31 bits per heavy atom. The zero-order valence-corrected chi connectivity index (χ0v) is 17.3. The number of anilines is 2. The molecule has 0 radical (unpaired) electrons. The van der Waals surface area contributed by atoms with Crippen molar-refractivity contribution in [1.29, 1.82) is 0 Å². The number of nitrogens with zero attached hydrogens (tertiary/aromatic N) is 5. The van der Waals surface area contributed by atoms with Crippen molar-refractivity contribution in [2.45, 2.75) is 19.8 Å². The van der Waals surface area contributed by atoms with Crippen molar-refractivity contribution in [3.05, 3.63) is 42.1 Å². The molecule has 0 unspecified atom stereocenters. The molecule has 0 spiro atoms. The van der Waals surface area contributed by atoms with E-state index in [2.05, 4.69) is 26.1 Å². The fourth-order valence-electron chi connectivity index (χ4n) is 4.23. The summed E-state index contributed by atoms with van der Waals surface area (Å²) < 4.78 is 5.48. The highest BCUT2D eigenvalue weighted by atomic mass is 16.5. The lowest BCUT2D eigenvalue weighted by atomic mass is 9.95. The summed E-state index contributed by atoms with van der Waals surface area (Å²) in [5.41, 5.74) is 2.03. The summed E-state index contributed by atoms with van der Waals surface area (Å²) in [4.78, 5) is 19.6. The molecule has 0 aliphatic carbocycles. The number of aryl methyl sites for hydroxylation is 1. The first kappa shape index (κ1) is 19.5. The number of hydrogen-bond acceptors (Lipinski definition) is 6. The fraction of sp³-hybridized carbons (Fsp3) is 0.500. The molecule has 1 amide bonds. The first-order valence-electron chi connectivity index (χ1n) is 10.4. The molecule has 0 N–H and O–H groups in total. The van der Waals surface area contributed by atoms with E-state index in [1.807, 2.05) is 42.2 Å². The molecule has 1 aromatic carbocycles. The van der Waals surface area contributed by atoms with E-state index in [1.165, 1.54) is 0 Å². The fourth-order valence-corrected chi connectivity index (χ4v) is 4.23. The first-order valence-corrected chi connectivity index (χ1v) is 10.4. The molecule has 2 aromatic rings. The van der Waals surface area contributed by atoms with Gasteiger partial charge in [-0.15, -0.1) is 5.10 Å². The summed E-state index contributed by atoms with van der Waals surface area (Å²) in [7, 11) is 1.70. The number of ether oxygens (including phenoxy) is 1. The number of hydrogen-bond donors (Lipinski definition) is 0. The lowest BCUT2D eigenvalue weighted by molar-refractivity contribution is -0.136. The highest BCUT2D eigenvalue weighted by Gasteiger charge is 2.31. The van der Waals surface area contributed by atoms with Gasteiger partial charge in [0.15, 0.2) is 5.82 Å². The maximum Gasteiger partial charge on any atom is 0.225 e. The second-order valence-corrected chi connectivity index (χ2v) is 7.78. The Morgan fingerprint density at radius 2 is 1.66 bits per heavy atom. The van der Waals surface area contributed by atoms with Crippen molar-refractivity contribution >= 4 is 17.4 Å². The molecule has 4 rings (SSSR count). The molecule has 0 bridgehead atoms. The molecule has 7 nitrogen and oxygen atoms in total. The van der Waals surface area contributed by atoms with Crippen molar-refractivity contribution < 1.29 is 9.53 Å². The third kappa shape index (κ3) is 4.28. The van der Waals surface area contributed by atoms with Crippen molar-refractivity contribution in [2.75, 3.05) is 56.2 Å². The summed E-state index contributed by atoms with van der Waals surface area (Å²) in [6.45, 7) is 6.86. The number of carbonyl (C=O) groups excluding carboxylic acids is 1. The van der Waals surface area contributed by atoms with Gasteiger partial charge in [0.05, 0.1) is 18.5 Å². The van der Waals surface area contributed by atoms with E-state index in [4.69, 9.17) is 4.74 Å². The second kappa shape index (κ2) is 8.68. The van der Waals surface area contributed by atoms with E-state index < -0.39 is 0 Å². The lowest BCUT2D eigenvalue weighted by Crippen LogP contribution is -2.51. The average Bonchev–Trinajstić information content (AvgIpc) is 2.79. The quantitative estimate of drug-likeness (QED) is 0.792. The molecule has 2 fully saturated rings. The SMILES string of the molecule is COc1ccccc1N1CCN(C(=O)C2CCN(c3ccc(C)nn3)CC2)CC1. The monoisotopic (exact) mass is 395 g/mol. The van der Waals surface area contributed by atoms with Crippen LogP contribution in [0.5, 0.6) is 5.75 Å². The Labute approximate surface area is 172 Å². The topological polar surface area (TPSA) is 61.8 Å². The van der Waals surface area contributed by atoms with Crippen LogP contribution in [0.1, 0.15) is 18.5 Å². The van der Waals surface area contributed by atoms with Gasteiger partial charge in [-0.25, -0.2) is 0 Å². The smallest absolute Gasteiger partial charge is 0.225 e. The molecule has 29 heavy (non-hydrogen) atoms. The van der Waals surface area contributed by atoms with Crippen LogP contribution in [-0.4, -0.2) is 67.4 Å². The van der Waals surface area contributed by atoms with Gasteiger partial charge < -0.3 is 19.4 Å². The summed E-state index contributed by atoms with van der Waals surface area (Å²) in [6, 6.07) is 12.1. The van der Waals surface area contributed by atoms with Crippen molar-refractivity contribution in [3.8, 4) is 5.75 Å². The van der Waals surface area contributed by atoms with Crippen LogP contribution in [0.3, 0.4) is 0 Å². The molecule has 0 saturated carbocycles. The zero-order chi connectivity index (χ0) is 20.2. The van der Waals surface area contributed by atoms with E-state index in [0.717, 1.165) is 75.1 Å². The van der Waals surface area contributed by atoms with Gasteiger partial charge in [0.2, 0.25) is 5.91 Å². The minimum Gasteiger partial charge on any atom is -0.495 e. The standard InChI is InChI=1S/C22H29N5O2/c1-17-7-8-21(24-23-17)26-11-9-18(10-12-26)22(28)27-15-13-25(14-16-27)19-5-3-4-6-20(19)29-2/h3-8,18H,9-16H2,1-2H3. The van der Waals surface area contributed by atoms with Gasteiger partial charge in [-0.05, 0) is 44.0 Å². The summed E-state index contributed by atoms with van der Waals surface area (Å²) in [5.74, 6) is 2.22. The largest absolute Gasteiger partial charge is 0.495 e. The van der Waals surface area contributed by atoms with Crippen LogP contribution in [0.2, 0.25) is 0 Å². The zero-order valence-electron chi connectivity index (χ0n) is 17.3. The van der Waals surface area contributed by atoms with Crippen LogP contribution in [-0.2, 0) is 4.79 Å². The van der Waals surface area contributed by atoms with Gasteiger partial charge in [-0.1, -0.05) is 12.1 Å².